The Morgan fingerprint density at radius 2 is 1.30 bits per heavy atom. The van der Waals surface area contributed by atoms with E-state index in [-0.39, 0.29) is 17.9 Å². The number of amides is 2. The summed E-state index contributed by atoms with van der Waals surface area (Å²) in [6.45, 7) is 8.32. The van der Waals surface area contributed by atoms with Crippen LogP contribution >= 0.6 is 11.6 Å². The second kappa shape index (κ2) is 15.4. The van der Waals surface area contributed by atoms with Crippen molar-refractivity contribution in [3.05, 3.63) is 148 Å². The molecule has 9 heteroatoms. The van der Waals surface area contributed by atoms with Gasteiger partial charge in [0, 0.05) is 22.8 Å². The third-order valence-electron chi connectivity index (χ3n) is 8.66. The normalized spacial score (nSPS) is 12.3. The van der Waals surface area contributed by atoms with Crippen LogP contribution in [-0.4, -0.2) is 37.1 Å². The molecule has 0 aliphatic heterocycles. The molecular formula is C41H41ClN2O5S. The maximum absolute atomic E-state index is 14.0. The summed E-state index contributed by atoms with van der Waals surface area (Å²) in [7, 11) is -4.18. The van der Waals surface area contributed by atoms with Gasteiger partial charge < -0.3 is 10.6 Å². The molecule has 0 heterocycles. The number of aryl methyl sites for hydroxylation is 1. The summed E-state index contributed by atoms with van der Waals surface area (Å²) >= 11 is 6.21. The van der Waals surface area contributed by atoms with E-state index in [2.05, 4.69) is 55.7 Å². The van der Waals surface area contributed by atoms with Crippen LogP contribution in [0.15, 0.2) is 115 Å². The molecule has 2 amide bonds. The Bertz CT molecular complexity index is 2070. The van der Waals surface area contributed by atoms with E-state index in [1.807, 2.05) is 73.7 Å². The first-order valence-corrected chi connectivity index (χ1v) is 18.4. The molecule has 5 aromatic rings. The quantitative estimate of drug-likeness (QED) is 0.119. The number of rotatable bonds is 11. The van der Waals surface area contributed by atoms with E-state index in [1.165, 1.54) is 5.56 Å². The van der Waals surface area contributed by atoms with Gasteiger partial charge in [-0.25, -0.2) is 0 Å². The highest BCUT2D eigenvalue weighted by Crippen LogP contribution is 2.30. The number of carbonyl (C=O) groups excluding carboxylic acids is 2. The van der Waals surface area contributed by atoms with Crippen LogP contribution in [0.1, 0.15) is 59.3 Å². The number of nitrogens with one attached hydrogen (secondary N) is 2. The van der Waals surface area contributed by atoms with Gasteiger partial charge in [-0.2, -0.15) is 8.42 Å². The molecule has 1 atom stereocenters. The van der Waals surface area contributed by atoms with Crippen molar-refractivity contribution in [1.29, 1.82) is 0 Å². The van der Waals surface area contributed by atoms with Crippen LogP contribution in [0.2, 0.25) is 5.02 Å². The molecule has 0 aliphatic carbocycles. The minimum absolute atomic E-state index is 0.0588. The molecule has 1 unspecified atom stereocenters. The number of hydrogen-bond donors (Lipinski definition) is 3. The predicted molar refractivity (Wildman–Crippen MR) is 202 cm³/mol. The van der Waals surface area contributed by atoms with Gasteiger partial charge >= 0.3 is 0 Å². The summed E-state index contributed by atoms with van der Waals surface area (Å²) in [5.41, 5.74) is 9.17. The van der Waals surface area contributed by atoms with Gasteiger partial charge in [0.25, 0.3) is 16.0 Å². The second-order valence-electron chi connectivity index (χ2n) is 13.5. The first-order chi connectivity index (χ1) is 23.7. The van der Waals surface area contributed by atoms with E-state index >= 15 is 0 Å². The number of hydrogen-bond acceptors (Lipinski definition) is 4. The van der Waals surface area contributed by atoms with E-state index < -0.39 is 27.7 Å². The molecule has 50 heavy (non-hydrogen) atoms. The van der Waals surface area contributed by atoms with Gasteiger partial charge in [0.15, 0.2) is 0 Å². The Morgan fingerprint density at radius 3 is 1.86 bits per heavy atom. The number of benzene rings is 5. The molecule has 0 bridgehead atoms. The van der Waals surface area contributed by atoms with Crippen LogP contribution in [0, 0.1) is 6.92 Å². The Balaban J connectivity index is 1.36. The minimum Gasteiger partial charge on any atom is -0.351 e. The third kappa shape index (κ3) is 9.69. The highest BCUT2D eigenvalue weighted by molar-refractivity contribution is 7.85. The van der Waals surface area contributed by atoms with Crippen molar-refractivity contribution < 1.29 is 22.6 Å². The van der Waals surface area contributed by atoms with Crippen molar-refractivity contribution >= 4 is 39.2 Å². The molecule has 258 valence electrons. The van der Waals surface area contributed by atoms with Crippen molar-refractivity contribution in [2.45, 2.75) is 45.4 Å². The van der Waals surface area contributed by atoms with Crippen molar-refractivity contribution in [3.63, 3.8) is 0 Å². The molecule has 0 aliphatic rings. The Hall–Kier alpha value is -4.76. The molecule has 3 N–H and O–H groups in total. The number of halogens is 1. The van der Waals surface area contributed by atoms with E-state index in [0.29, 0.717) is 22.7 Å². The summed E-state index contributed by atoms with van der Waals surface area (Å²) in [5, 5.41) is 6.30. The maximum Gasteiger partial charge on any atom is 0.266 e. The van der Waals surface area contributed by atoms with Crippen LogP contribution in [0.3, 0.4) is 0 Å². The summed E-state index contributed by atoms with van der Waals surface area (Å²) in [6.07, 6.45) is 0.373. The smallest absolute Gasteiger partial charge is 0.266 e. The van der Waals surface area contributed by atoms with Crippen molar-refractivity contribution in [1.82, 2.24) is 5.32 Å². The summed E-state index contributed by atoms with van der Waals surface area (Å²) in [5.74, 6) is -1.74. The summed E-state index contributed by atoms with van der Waals surface area (Å²) < 4.78 is 30.9. The molecule has 0 saturated carbocycles. The van der Waals surface area contributed by atoms with Crippen molar-refractivity contribution in [2.75, 3.05) is 17.6 Å². The average Bonchev–Trinajstić information content (AvgIpc) is 3.08. The van der Waals surface area contributed by atoms with Gasteiger partial charge in [0.1, 0.15) is 0 Å². The molecule has 5 rings (SSSR count). The third-order valence-corrected chi connectivity index (χ3v) is 9.80. The molecular weight excluding hydrogens is 668 g/mol. The Morgan fingerprint density at radius 1 is 0.760 bits per heavy atom. The second-order valence-corrected chi connectivity index (χ2v) is 15.5. The number of carbonyl (C=O) groups is 2. The van der Waals surface area contributed by atoms with Crippen LogP contribution in [0.4, 0.5) is 5.69 Å². The first-order valence-electron chi connectivity index (χ1n) is 16.4. The van der Waals surface area contributed by atoms with Crippen LogP contribution in [0.25, 0.3) is 22.3 Å². The van der Waals surface area contributed by atoms with E-state index in [0.717, 1.165) is 38.9 Å². The molecule has 0 aromatic heterocycles. The first kappa shape index (κ1) is 36.5. The zero-order chi connectivity index (χ0) is 36.1. The maximum atomic E-state index is 14.0. The van der Waals surface area contributed by atoms with Gasteiger partial charge in [0.2, 0.25) is 5.91 Å². The van der Waals surface area contributed by atoms with E-state index in [4.69, 9.17) is 16.2 Å². The van der Waals surface area contributed by atoms with Gasteiger partial charge in [-0.15, -0.1) is 0 Å². The fraction of sp³-hybridized carbons (Fsp3) is 0.220. The van der Waals surface area contributed by atoms with E-state index in [1.54, 1.807) is 24.3 Å². The Labute approximate surface area is 299 Å². The fourth-order valence-electron chi connectivity index (χ4n) is 5.66. The largest absolute Gasteiger partial charge is 0.351 e. The molecule has 0 saturated heterocycles. The zero-order valence-corrected chi connectivity index (χ0v) is 30.1. The van der Waals surface area contributed by atoms with Gasteiger partial charge in [-0.3, -0.25) is 14.1 Å². The van der Waals surface area contributed by atoms with E-state index in [9.17, 15) is 18.0 Å². The fourth-order valence-corrected chi connectivity index (χ4v) is 6.13. The van der Waals surface area contributed by atoms with Gasteiger partial charge in [-0.05, 0) is 99.7 Å². The topological polar surface area (TPSA) is 113 Å². The number of anilines is 1. The van der Waals surface area contributed by atoms with Crippen LogP contribution < -0.4 is 10.6 Å². The lowest BCUT2D eigenvalue weighted by atomic mass is 9.86. The minimum atomic E-state index is -4.18. The molecule has 0 fully saturated rings. The lowest BCUT2D eigenvalue weighted by Crippen LogP contribution is -2.28. The standard InChI is InChI=1S/C41H41ClN2O5S/c1-27-25-34(17-22-38(27)42)31-15-20-36(21-16-31)44-40(46)37(26-28-5-7-33(8-6-28)39(45)43-23-24-50(47,48)49)32-11-9-29(10-12-32)30-13-18-35(19-14-30)41(2,3)4/h5-22,25,37H,23-24,26H2,1-4H3,(H,43,45)(H,44,46)(H,47,48,49). The highest BCUT2D eigenvalue weighted by Gasteiger charge is 2.22. The predicted octanol–water partition coefficient (Wildman–Crippen LogP) is 8.86. The molecule has 0 radical (unpaired) electrons. The zero-order valence-electron chi connectivity index (χ0n) is 28.5. The molecule has 5 aromatic carbocycles. The van der Waals surface area contributed by atoms with Crippen molar-refractivity contribution in [2.24, 2.45) is 0 Å². The van der Waals surface area contributed by atoms with Crippen LogP contribution in [0.5, 0.6) is 0 Å². The molecule has 0 spiro atoms. The van der Waals surface area contributed by atoms with Crippen LogP contribution in [-0.2, 0) is 26.7 Å². The van der Waals surface area contributed by atoms with Crippen molar-refractivity contribution in [3.8, 4) is 22.3 Å². The SMILES string of the molecule is Cc1cc(-c2ccc(NC(=O)C(Cc3ccc(C(=O)NCCS(=O)(=O)O)cc3)c3ccc(-c4ccc(C(C)(C)C)cc4)cc3)cc2)ccc1Cl. The molecule has 7 nitrogen and oxygen atoms in total. The average molecular weight is 709 g/mol. The lowest BCUT2D eigenvalue weighted by Gasteiger charge is -2.20. The van der Waals surface area contributed by atoms with Gasteiger partial charge in [0.05, 0.1) is 11.7 Å². The van der Waals surface area contributed by atoms with Gasteiger partial charge in [-0.1, -0.05) is 111 Å². The monoisotopic (exact) mass is 708 g/mol. The summed E-state index contributed by atoms with van der Waals surface area (Å²) in [6, 6.07) is 37.0. The summed E-state index contributed by atoms with van der Waals surface area (Å²) in [4.78, 5) is 26.5. The highest BCUT2D eigenvalue weighted by atomic mass is 35.5. The Kier molecular flexibility index (Phi) is 11.3. The lowest BCUT2D eigenvalue weighted by molar-refractivity contribution is -0.117.